The Bertz CT molecular complexity index is 1470. The second kappa shape index (κ2) is 7.57. The molecule has 162 valence electrons. The molecule has 0 amide bonds. The highest BCUT2D eigenvalue weighted by Gasteiger charge is 2.28. The molecule has 7 nitrogen and oxygen atoms in total. The fraction of sp³-hybridized carbons (Fsp3) is 0.292. The van der Waals surface area contributed by atoms with Crippen LogP contribution >= 0.6 is 11.6 Å². The number of halogens is 1. The fourth-order valence-corrected chi connectivity index (χ4v) is 4.70. The largest absolute Gasteiger partial charge is 0.506 e. The van der Waals surface area contributed by atoms with E-state index in [9.17, 15) is 15.2 Å². The second-order valence-electron chi connectivity index (χ2n) is 8.30. The molecule has 1 fully saturated rings. The summed E-state index contributed by atoms with van der Waals surface area (Å²) >= 11 is 6.18. The average Bonchev–Trinajstić information content (AvgIpc) is 3.21. The number of rotatable bonds is 2. The zero-order chi connectivity index (χ0) is 22.6. The van der Waals surface area contributed by atoms with Crippen LogP contribution in [0, 0.1) is 18.3 Å². The number of piperidine rings is 1. The first-order valence-corrected chi connectivity index (χ1v) is 10.8. The van der Waals surface area contributed by atoms with Crippen molar-refractivity contribution >= 4 is 39.3 Å². The van der Waals surface area contributed by atoms with Crippen LogP contribution in [0.3, 0.4) is 0 Å². The molecule has 0 atom stereocenters. The van der Waals surface area contributed by atoms with E-state index in [0.29, 0.717) is 29.7 Å². The molecule has 5 rings (SSSR count). The Balaban J connectivity index is 1.52. The number of nitrogens with zero attached hydrogens (tertiary/aromatic N) is 4. The maximum Gasteiger partial charge on any atom is 0.270 e. The molecule has 0 bridgehead atoms. The summed E-state index contributed by atoms with van der Waals surface area (Å²) in [7, 11) is 1.59. The van der Waals surface area contributed by atoms with Crippen LogP contribution in [-0.2, 0) is 7.05 Å². The molecule has 1 aliphatic heterocycles. The van der Waals surface area contributed by atoms with Crippen molar-refractivity contribution in [3.63, 3.8) is 0 Å². The van der Waals surface area contributed by atoms with Crippen LogP contribution in [-0.4, -0.2) is 27.7 Å². The summed E-state index contributed by atoms with van der Waals surface area (Å²) in [5, 5.41) is 20.7. The molecule has 1 saturated heterocycles. The number of phenols is 1. The van der Waals surface area contributed by atoms with Gasteiger partial charge < -0.3 is 19.0 Å². The number of aryl methyl sites for hydroxylation is 2. The van der Waals surface area contributed by atoms with Gasteiger partial charge in [-0.15, -0.1) is 0 Å². The number of benzene rings is 2. The van der Waals surface area contributed by atoms with Gasteiger partial charge in [0.1, 0.15) is 22.9 Å². The highest BCUT2D eigenvalue weighted by molar-refractivity contribution is 6.33. The Labute approximate surface area is 189 Å². The lowest BCUT2D eigenvalue weighted by Crippen LogP contribution is -2.35. The highest BCUT2D eigenvalue weighted by atomic mass is 35.5. The number of aromatic nitrogens is 2. The predicted molar refractivity (Wildman–Crippen MR) is 124 cm³/mol. The third-order valence-corrected chi connectivity index (χ3v) is 6.57. The number of oxazole rings is 1. The lowest BCUT2D eigenvalue weighted by molar-refractivity contribution is 0.407. The standard InChI is InChI=1S/C24H21ClN4O3/c1-13-3-4-21-18(9-13)27-23(32-21)14-5-7-29(8-6-14)22-15-10-17(25)20(30)11-19(15)28(2)24(31)16(22)12-26/h3-4,9-11,14,30H,5-8H2,1-2H3. The summed E-state index contributed by atoms with van der Waals surface area (Å²) < 4.78 is 7.38. The van der Waals surface area contributed by atoms with Gasteiger partial charge in [0.25, 0.3) is 5.56 Å². The molecule has 32 heavy (non-hydrogen) atoms. The summed E-state index contributed by atoms with van der Waals surface area (Å²) in [5.74, 6) is 0.789. The van der Waals surface area contributed by atoms with Gasteiger partial charge in [-0.3, -0.25) is 4.79 Å². The molecule has 0 saturated carbocycles. The molecule has 8 heteroatoms. The van der Waals surface area contributed by atoms with E-state index >= 15 is 0 Å². The van der Waals surface area contributed by atoms with Gasteiger partial charge in [-0.1, -0.05) is 17.7 Å². The summed E-state index contributed by atoms with van der Waals surface area (Å²) in [5.41, 5.74) is 3.57. The van der Waals surface area contributed by atoms with E-state index in [2.05, 4.69) is 16.0 Å². The van der Waals surface area contributed by atoms with Gasteiger partial charge in [0.2, 0.25) is 0 Å². The molecule has 0 spiro atoms. The number of aromatic hydroxyl groups is 1. The van der Waals surface area contributed by atoms with Gasteiger partial charge in [0, 0.05) is 37.5 Å². The van der Waals surface area contributed by atoms with Crippen molar-refractivity contribution in [2.75, 3.05) is 18.0 Å². The number of fused-ring (bicyclic) bond motifs is 2. The van der Waals surface area contributed by atoms with Crippen LogP contribution in [0.1, 0.15) is 35.8 Å². The molecule has 2 aromatic carbocycles. The minimum atomic E-state index is -0.395. The molecular weight excluding hydrogens is 428 g/mol. The van der Waals surface area contributed by atoms with Gasteiger partial charge in [-0.25, -0.2) is 4.98 Å². The molecule has 3 heterocycles. The average molecular weight is 449 g/mol. The Hall–Kier alpha value is -3.50. The van der Waals surface area contributed by atoms with Gasteiger partial charge in [0.15, 0.2) is 11.5 Å². The minimum Gasteiger partial charge on any atom is -0.506 e. The van der Waals surface area contributed by atoms with Crippen molar-refractivity contribution in [3.05, 3.63) is 62.7 Å². The van der Waals surface area contributed by atoms with Crippen LogP contribution < -0.4 is 10.5 Å². The molecule has 1 aliphatic rings. The molecule has 0 radical (unpaired) electrons. The van der Waals surface area contributed by atoms with Crippen molar-refractivity contribution in [3.8, 4) is 11.8 Å². The normalized spacial score (nSPS) is 14.9. The Morgan fingerprint density at radius 2 is 2.00 bits per heavy atom. The first kappa shape index (κ1) is 20.4. The molecule has 0 unspecified atom stereocenters. The predicted octanol–water partition coefficient (Wildman–Crippen LogP) is 4.60. The first-order chi connectivity index (χ1) is 15.4. The number of anilines is 1. The van der Waals surface area contributed by atoms with Crippen LogP contribution in [0.5, 0.6) is 5.75 Å². The molecule has 0 aliphatic carbocycles. The maximum absolute atomic E-state index is 12.9. The third kappa shape index (κ3) is 3.19. The van der Waals surface area contributed by atoms with E-state index in [1.165, 1.54) is 10.6 Å². The third-order valence-electron chi connectivity index (χ3n) is 6.27. The van der Waals surface area contributed by atoms with Gasteiger partial charge >= 0.3 is 0 Å². The zero-order valence-corrected chi connectivity index (χ0v) is 18.5. The van der Waals surface area contributed by atoms with E-state index in [0.717, 1.165) is 35.4 Å². The van der Waals surface area contributed by atoms with Crippen molar-refractivity contribution in [1.29, 1.82) is 5.26 Å². The smallest absolute Gasteiger partial charge is 0.270 e. The SMILES string of the molecule is Cc1ccc2oc(C3CCN(c4c(C#N)c(=O)n(C)c5cc(O)c(Cl)cc45)CC3)nc2c1. The summed E-state index contributed by atoms with van der Waals surface area (Å²) in [6.45, 7) is 3.30. The van der Waals surface area contributed by atoms with Gasteiger partial charge in [0.05, 0.1) is 16.2 Å². The highest BCUT2D eigenvalue weighted by Crippen LogP contribution is 2.38. The number of phenolic OH excluding ortho intramolecular Hbond substituents is 1. The van der Waals surface area contributed by atoms with Gasteiger partial charge in [-0.05, 0) is 43.5 Å². The number of nitriles is 1. The zero-order valence-electron chi connectivity index (χ0n) is 17.7. The summed E-state index contributed by atoms with van der Waals surface area (Å²) in [6.07, 6.45) is 1.55. The van der Waals surface area contributed by atoms with Crippen molar-refractivity contribution in [2.24, 2.45) is 7.05 Å². The minimum absolute atomic E-state index is 0.0811. The molecular formula is C24H21ClN4O3. The summed E-state index contributed by atoms with van der Waals surface area (Å²) in [6, 6.07) is 11.1. The van der Waals surface area contributed by atoms with Crippen LogP contribution in [0.2, 0.25) is 5.02 Å². The number of hydrogen-bond donors (Lipinski definition) is 1. The molecule has 2 aromatic heterocycles. The Morgan fingerprint density at radius 1 is 1.25 bits per heavy atom. The van der Waals surface area contributed by atoms with E-state index in [4.69, 9.17) is 16.0 Å². The van der Waals surface area contributed by atoms with E-state index in [-0.39, 0.29) is 22.3 Å². The quantitative estimate of drug-likeness (QED) is 0.481. The van der Waals surface area contributed by atoms with Crippen LogP contribution in [0.15, 0.2) is 39.5 Å². The number of hydrogen-bond acceptors (Lipinski definition) is 6. The fourth-order valence-electron chi connectivity index (χ4n) is 4.54. The first-order valence-electron chi connectivity index (χ1n) is 10.4. The molecule has 4 aromatic rings. The Kier molecular flexibility index (Phi) is 4.83. The molecule has 1 N–H and O–H groups in total. The van der Waals surface area contributed by atoms with Gasteiger partial charge in [-0.2, -0.15) is 5.26 Å². The van der Waals surface area contributed by atoms with E-state index in [1.54, 1.807) is 13.1 Å². The van der Waals surface area contributed by atoms with E-state index in [1.807, 2.05) is 25.1 Å². The maximum atomic E-state index is 12.9. The van der Waals surface area contributed by atoms with Crippen LogP contribution in [0.4, 0.5) is 5.69 Å². The van der Waals surface area contributed by atoms with Crippen molar-refractivity contribution < 1.29 is 9.52 Å². The summed E-state index contributed by atoms with van der Waals surface area (Å²) in [4.78, 5) is 19.6. The van der Waals surface area contributed by atoms with Crippen molar-refractivity contribution in [1.82, 2.24) is 9.55 Å². The number of pyridine rings is 1. The second-order valence-corrected chi connectivity index (χ2v) is 8.71. The van der Waals surface area contributed by atoms with E-state index < -0.39 is 5.56 Å². The lowest BCUT2D eigenvalue weighted by atomic mass is 9.95. The van der Waals surface area contributed by atoms with Crippen molar-refractivity contribution in [2.45, 2.75) is 25.7 Å². The van der Waals surface area contributed by atoms with Crippen LogP contribution in [0.25, 0.3) is 22.0 Å². The monoisotopic (exact) mass is 448 g/mol. The Morgan fingerprint density at radius 3 is 2.72 bits per heavy atom. The topological polar surface area (TPSA) is 95.3 Å². The lowest BCUT2D eigenvalue weighted by Gasteiger charge is -2.33.